The number of carbonyl (C=O) groups excluding carboxylic acids is 1. The summed E-state index contributed by atoms with van der Waals surface area (Å²) in [5.41, 5.74) is 0.0715. The molecule has 0 bridgehead atoms. The molecule has 0 aromatic heterocycles. The van der Waals surface area contributed by atoms with Gasteiger partial charge in [-0.3, -0.25) is 0 Å². The average molecular weight is 545 g/mol. The highest BCUT2D eigenvalue weighted by Gasteiger charge is 2.48. The fourth-order valence-corrected chi connectivity index (χ4v) is 6.43. The van der Waals surface area contributed by atoms with Gasteiger partial charge in [0.1, 0.15) is 17.5 Å². The Labute approximate surface area is 238 Å². The first-order valence-corrected chi connectivity index (χ1v) is 15.9. The van der Waals surface area contributed by atoms with Crippen molar-refractivity contribution in [2.24, 2.45) is 5.92 Å². The molecule has 0 heterocycles. The Balaban J connectivity index is 2.37. The molecule has 2 rings (SSSR count). The van der Waals surface area contributed by atoms with Gasteiger partial charge in [0.25, 0.3) is 0 Å². The van der Waals surface area contributed by atoms with E-state index in [1.807, 2.05) is 6.92 Å². The van der Waals surface area contributed by atoms with E-state index in [0.717, 1.165) is 70.6 Å². The number of hydrogen-bond acceptors (Lipinski definition) is 5. The molecule has 0 spiro atoms. The first-order chi connectivity index (χ1) is 19.0. The summed E-state index contributed by atoms with van der Waals surface area (Å²) in [6.45, 7) is 11.8. The monoisotopic (exact) mass is 544 g/mol. The highest BCUT2D eigenvalue weighted by Crippen LogP contribution is 2.44. The van der Waals surface area contributed by atoms with Crippen LogP contribution in [-0.2, 0) is 19.0 Å². The lowest BCUT2D eigenvalue weighted by Gasteiger charge is -2.46. The molecule has 0 amide bonds. The summed E-state index contributed by atoms with van der Waals surface area (Å²) in [6.07, 6.45) is 25.3. The number of rotatable bonds is 15. The number of hydrogen-bond donors (Lipinski definition) is 1. The van der Waals surface area contributed by atoms with E-state index in [4.69, 9.17) is 14.2 Å². The predicted molar refractivity (Wildman–Crippen MR) is 160 cm³/mol. The van der Waals surface area contributed by atoms with Gasteiger partial charge in [0, 0.05) is 11.5 Å². The van der Waals surface area contributed by atoms with Crippen LogP contribution in [0.5, 0.6) is 0 Å². The summed E-state index contributed by atoms with van der Waals surface area (Å²) in [6, 6.07) is 0. The lowest BCUT2D eigenvalue weighted by Crippen LogP contribution is -2.53. The molecule has 0 radical (unpaired) electrons. The number of allylic oxidation sites excluding steroid dienone is 2. The number of aliphatic hydroxyl groups excluding tert-OH is 1. The van der Waals surface area contributed by atoms with Gasteiger partial charge >= 0.3 is 5.97 Å². The third-order valence-corrected chi connectivity index (χ3v) is 8.59. The lowest BCUT2D eigenvalue weighted by molar-refractivity contribution is -0.178. The summed E-state index contributed by atoms with van der Waals surface area (Å²) in [7, 11) is 0. The van der Waals surface area contributed by atoms with E-state index in [1.165, 1.54) is 44.8 Å². The van der Waals surface area contributed by atoms with Crippen molar-refractivity contribution in [3.05, 3.63) is 49.2 Å². The van der Waals surface area contributed by atoms with Crippen LogP contribution in [0.1, 0.15) is 136 Å². The van der Waals surface area contributed by atoms with E-state index < -0.39 is 11.7 Å². The van der Waals surface area contributed by atoms with Crippen LogP contribution in [-0.4, -0.2) is 28.9 Å². The highest BCUT2D eigenvalue weighted by molar-refractivity contribution is 5.89. The van der Waals surface area contributed by atoms with Gasteiger partial charge in [-0.05, 0) is 69.9 Å². The standard InChI is InChI=1S/C34H56O5/c1-5-9-15-21-28(25-26-30(35)31(20-6-2)37-7-3)33(36)39-32-24-18-13-14-19-27-34(32,38-8-4)29-22-16-11-10-12-17-23-29/h7-8,25-26,29,31-32,35H,3-6,9-24,27H2,1-2H3. The van der Waals surface area contributed by atoms with Crippen molar-refractivity contribution in [1.29, 1.82) is 0 Å². The number of carbonyl (C=O) groups is 1. The van der Waals surface area contributed by atoms with Gasteiger partial charge in [0.2, 0.25) is 0 Å². The van der Waals surface area contributed by atoms with Gasteiger partial charge in [-0.1, -0.05) is 91.2 Å². The van der Waals surface area contributed by atoms with Crippen molar-refractivity contribution < 1.29 is 24.1 Å². The quantitative estimate of drug-likeness (QED) is 0.0730. The van der Waals surface area contributed by atoms with Gasteiger partial charge in [-0.25, -0.2) is 4.79 Å². The smallest absolute Gasteiger partial charge is 0.334 e. The molecule has 3 atom stereocenters. The molecule has 0 aromatic rings. The van der Waals surface area contributed by atoms with E-state index >= 15 is 0 Å². The highest BCUT2D eigenvalue weighted by atomic mass is 16.6. The Morgan fingerprint density at radius 3 is 2.21 bits per heavy atom. The van der Waals surface area contributed by atoms with Crippen molar-refractivity contribution in [3.63, 3.8) is 0 Å². The summed E-state index contributed by atoms with van der Waals surface area (Å²) in [4.78, 5) is 13.8. The molecule has 3 unspecified atom stereocenters. The van der Waals surface area contributed by atoms with Gasteiger partial charge in [0.05, 0.1) is 12.5 Å². The molecule has 2 saturated carbocycles. The second kappa shape index (κ2) is 19.0. The average Bonchev–Trinajstić information content (AvgIpc) is 2.89. The van der Waals surface area contributed by atoms with Crippen molar-refractivity contribution in [3.8, 4) is 0 Å². The molecule has 5 heteroatoms. The fraction of sp³-hybridized carbons (Fsp3) is 0.735. The zero-order chi connectivity index (χ0) is 28.3. The van der Waals surface area contributed by atoms with E-state index in [1.54, 1.807) is 18.4 Å². The van der Waals surface area contributed by atoms with Crippen LogP contribution in [0.3, 0.4) is 0 Å². The molecule has 2 fully saturated rings. The fourth-order valence-electron chi connectivity index (χ4n) is 6.43. The summed E-state index contributed by atoms with van der Waals surface area (Å²) in [5, 5.41) is 10.7. The number of ether oxygens (including phenoxy) is 3. The number of unbranched alkanes of at least 4 members (excludes halogenated alkanes) is 2. The molecule has 222 valence electrons. The minimum Gasteiger partial charge on any atom is -0.508 e. The molecule has 5 nitrogen and oxygen atoms in total. The minimum absolute atomic E-state index is 0.0994. The maximum absolute atomic E-state index is 13.8. The van der Waals surface area contributed by atoms with Crippen molar-refractivity contribution >= 4 is 5.97 Å². The maximum atomic E-state index is 13.8. The van der Waals surface area contributed by atoms with Crippen LogP contribution in [0.25, 0.3) is 0 Å². The number of aliphatic hydroxyl groups is 1. The van der Waals surface area contributed by atoms with Crippen LogP contribution in [0.15, 0.2) is 49.2 Å². The summed E-state index contributed by atoms with van der Waals surface area (Å²) >= 11 is 0. The van der Waals surface area contributed by atoms with Gasteiger partial charge in [0.15, 0.2) is 6.10 Å². The summed E-state index contributed by atoms with van der Waals surface area (Å²) in [5.74, 6) is 0.164. The molecular formula is C34H56O5. The second-order valence-corrected chi connectivity index (χ2v) is 11.4. The van der Waals surface area contributed by atoms with Crippen molar-refractivity contribution in [1.82, 2.24) is 0 Å². The van der Waals surface area contributed by atoms with Crippen LogP contribution in [0, 0.1) is 5.92 Å². The largest absolute Gasteiger partial charge is 0.508 e. The maximum Gasteiger partial charge on any atom is 0.334 e. The third-order valence-electron chi connectivity index (χ3n) is 8.59. The van der Waals surface area contributed by atoms with Crippen molar-refractivity contribution in [2.75, 3.05) is 0 Å². The van der Waals surface area contributed by atoms with Crippen LogP contribution >= 0.6 is 0 Å². The molecule has 2 aliphatic rings. The SMILES string of the molecule is C=COC(CCC)C(O)=CC=C(CCCCC)C(=O)OC1CCCCCCC1(OC=C)C1CCCCCCC1. The zero-order valence-corrected chi connectivity index (χ0v) is 25.0. The minimum atomic E-state index is -0.522. The third kappa shape index (κ3) is 10.7. The summed E-state index contributed by atoms with van der Waals surface area (Å²) < 4.78 is 18.5. The first-order valence-electron chi connectivity index (χ1n) is 15.9. The van der Waals surface area contributed by atoms with Crippen molar-refractivity contribution in [2.45, 2.75) is 154 Å². The Hall–Kier alpha value is -2.17. The molecule has 2 aliphatic carbocycles. The van der Waals surface area contributed by atoms with Crippen LogP contribution in [0.2, 0.25) is 0 Å². The Bertz CT molecular complexity index is 776. The van der Waals surface area contributed by atoms with E-state index in [9.17, 15) is 9.90 Å². The number of esters is 1. The molecule has 0 aliphatic heterocycles. The molecule has 1 N–H and O–H groups in total. The topological polar surface area (TPSA) is 65.0 Å². The van der Waals surface area contributed by atoms with Gasteiger partial charge in [-0.2, -0.15) is 0 Å². The first kappa shape index (κ1) is 33.0. The zero-order valence-electron chi connectivity index (χ0n) is 25.0. The van der Waals surface area contributed by atoms with Gasteiger partial charge in [-0.15, -0.1) is 0 Å². The molecule has 39 heavy (non-hydrogen) atoms. The lowest BCUT2D eigenvalue weighted by atomic mass is 9.70. The molecule has 0 aromatic carbocycles. The van der Waals surface area contributed by atoms with Crippen LogP contribution < -0.4 is 0 Å². The Morgan fingerprint density at radius 2 is 1.56 bits per heavy atom. The second-order valence-electron chi connectivity index (χ2n) is 11.4. The van der Waals surface area contributed by atoms with Gasteiger partial charge < -0.3 is 19.3 Å². The van der Waals surface area contributed by atoms with Crippen LogP contribution in [0.4, 0.5) is 0 Å². The molecule has 0 saturated heterocycles. The molecular weight excluding hydrogens is 488 g/mol. The van der Waals surface area contributed by atoms with E-state index in [0.29, 0.717) is 24.3 Å². The van der Waals surface area contributed by atoms with E-state index in [2.05, 4.69) is 20.1 Å². The Morgan fingerprint density at radius 1 is 0.897 bits per heavy atom. The Kier molecular flexibility index (Phi) is 16.1. The normalized spacial score (nSPS) is 24.8. The van der Waals surface area contributed by atoms with E-state index in [-0.39, 0.29) is 17.8 Å². The predicted octanol–water partition coefficient (Wildman–Crippen LogP) is 9.79.